The molecule has 4 nitrogen and oxygen atoms in total. The zero-order valence-electron chi connectivity index (χ0n) is 19.6. The van der Waals surface area contributed by atoms with Crippen LogP contribution in [0.4, 0.5) is 0 Å². The number of ether oxygens (including phenoxy) is 1. The van der Waals surface area contributed by atoms with Gasteiger partial charge in [-0.25, -0.2) is 0 Å². The fourth-order valence-corrected chi connectivity index (χ4v) is 5.27. The third-order valence-electron chi connectivity index (χ3n) is 7.26. The molecule has 0 aromatic heterocycles. The average Bonchev–Trinajstić information content (AvgIpc) is 2.69. The van der Waals surface area contributed by atoms with Gasteiger partial charge in [-0.15, -0.1) is 0 Å². The third kappa shape index (κ3) is 4.38. The van der Waals surface area contributed by atoms with Gasteiger partial charge in [0.1, 0.15) is 17.1 Å². The van der Waals surface area contributed by atoms with Crippen molar-refractivity contribution in [1.29, 1.82) is 0 Å². The number of rotatable bonds is 7. The van der Waals surface area contributed by atoms with E-state index in [0.29, 0.717) is 12.2 Å². The highest BCUT2D eigenvalue weighted by Crippen LogP contribution is 2.55. The van der Waals surface area contributed by atoms with Gasteiger partial charge in [-0.2, -0.15) is 0 Å². The lowest BCUT2D eigenvalue weighted by atomic mass is 9.66. The standard InChI is InChI=1S/C26H39NO3/c1-7-8-9-10-13-25(2,3)18-15-21(28)23-19-14-17(24(29)27-6)11-12-20(19)26(4,5)30-22(23)16-18/h11,15-16,19-20,28H,7-10,12-14H2,1-6H3,(H,27,29)/t19?,20-/m1/s1. The van der Waals surface area contributed by atoms with E-state index in [4.69, 9.17) is 4.74 Å². The highest BCUT2D eigenvalue weighted by molar-refractivity contribution is 5.93. The Kier molecular flexibility index (Phi) is 6.54. The van der Waals surface area contributed by atoms with Gasteiger partial charge in [-0.1, -0.05) is 52.5 Å². The van der Waals surface area contributed by atoms with Crippen LogP contribution in [0.3, 0.4) is 0 Å². The van der Waals surface area contributed by atoms with Crippen LogP contribution in [0.1, 0.15) is 96.6 Å². The first kappa shape index (κ1) is 22.7. The van der Waals surface area contributed by atoms with Crippen LogP contribution in [0.5, 0.6) is 11.5 Å². The number of likely N-dealkylation sites (N-methyl/N-ethyl adjacent to an activating group) is 1. The van der Waals surface area contributed by atoms with Crippen LogP contribution in [0.2, 0.25) is 0 Å². The second-order valence-electron chi connectivity index (χ2n) is 10.3. The minimum Gasteiger partial charge on any atom is -0.508 e. The molecule has 0 fully saturated rings. The molecule has 0 saturated carbocycles. The maximum Gasteiger partial charge on any atom is 0.246 e. The number of allylic oxidation sites excluding steroid dienone is 1. The average molecular weight is 414 g/mol. The maximum absolute atomic E-state index is 12.3. The molecule has 166 valence electrons. The van der Waals surface area contributed by atoms with Crippen molar-refractivity contribution >= 4 is 5.91 Å². The molecule has 4 heteroatoms. The smallest absolute Gasteiger partial charge is 0.246 e. The lowest BCUT2D eigenvalue weighted by Crippen LogP contribution is -2.46. The van der Waals surface area contributed by atoms with Crippen LogP contribution in [0.15, 0.2) is 23.8 Å². The second-order valence-corrected chi connectivity index (χ2v) is 10.3. The van der Waals surface area contributed by atoms with Crippen LogP contribution in [0, 0.1) is 5.92 Å². The normalized spacial score (nSPS) is 22.4. The Labute approximate surface area is 182 Å². The third-order valence-corrected chi connectivity index (χ3v) is 7.26. The SMILES string of the molecule is CCCCCCC(C)(C)c1cc(O)c2c(c1)OC(C)(C)[C@@H]1CC=C(C(=O)NC)CC21. The van der Waals surface area contributed by atoms with Crippen LogP contribution < -0.4 is 10.1 Å². The number of hydrogen-bond acceptors (Lipinski definition) is 3. The van der Waals surface area contributed by atoms with Crippen molar-refractivity contribution in [3.63, 3.8) is 0 Å². The van der Waals surface area contributed by atoms with E-state index < -0.39 is 0 Å². The number of carbonyl (C=O) groups is 1. The number of phenols is 1. The molecule has 30 heavy (non-hydrogen) atoms. The molecule has 1 aromatic carbocycles. The van der Waals surface area contributed by atoms with Crippen LogP contribution in [-0.4, -0.2) is 23.7 Å². The molecule has 3 rings (SSSR count). The number of benzene rings is 1. The zero-order valence-corrected chi connectivity index (χ0v) is 19.6. The summed E-state index contributed by atoms with van der Waals surface area (Å²) in [5.74, 6) is 1.40. The largest absolute Gasteiger partial charge is 0.508 e. The number of aromatic hydroxyl groups is 1. The summed E-state index contributed by atoms with van der Waals surface area (Å²) < 4.78 is 6.48. The highest BCUT2D eigenvalue weighted by atomic mass is 16.5. The fraction of sp³-hybridized carbons (Fsp3) is 0.654. The van der Waals surface area contributed by atoms with Gasteiger partial charge in [0.25, 0.3) is 0 Å². The summed E-state index contributed by atoms with van der Waals surface area (Å²) >= 11 is 0. The van der Waals surface area contributed by atoms with Gasteiger partial charge in [-0.05, 0) is 56.2 Å². The molecule has 2 aliphatic rings. The molecule has 1 aliphatic heterocycles. The van der Waals surface area contributed by atoms with Crippen molar-refractivity contribution in [3.05, 3.63) is 34.9 Å². The number of fused-ring (bicyclic) bond motifs is 3. The Morgan fingerprint density at radius 1 is 1.27 bits per heavy atom. The molecule has 1 unspecified atom stereocenters. The Bertz CT molecular complexity index is 822. The number of nitrogens with one attached hydrogen (secondary N) is 1. The summed E-state index contributed by atoms with van der Waals surface area (Å²) in [6.07, 6.45) is 9.49. The first-order valence-corrected chi connectivity index (χ1v) is 11.6. The number of hydrogen-bond donors (Lipinski definition) is 2. The van der Waals surface area contributed by atoms with Gasteiger partial charge < -0.3 is 15.2 Å². The molecule has 0 bridgehead atoms. The van der Waals surface area contributed by atoms with E-state index in [-0.39, 0.29) is 28.8 Å². The summed E-state index contributed by atoms with van der Waals surface area (Å²) in [6, 6.07) is 4.08. The van der Waals surface area contributed by atoms with E-state index in [1.54, 1.807) is 7.05 Å². The topological polar surface area (TPSA) is 58.6 Å². The molecule has 1 amide bonds. The molecular weight excluding hydrogens is 374 g/mol. The Hall–Kier alpha value is -1.97. The zero-order chi connectivity index (χ0) is 22.1. The van der Waals surface area contributed by atoms with E-state index in [9.17, 15) is 9.90 Å². The Morgan fingerprint density at radius 3 is 2.67 bits per heavy atom. The molecule has 0 radical (unpaired) electrons. The van der Waals surface area contributed by atoms with Crippen LogP contribution >= 0.6 is 0 Å². The second kappa shape index (κ2) is 8.64. The lowest BCUT2D eigenvalue weighted by Gasteiger charge is -2.47. The summed E-state index contributed by atoms with van der Waals surface area (Å²) in [4.78, 5) is 12.3. The summed E-state index contributed by atoms with van der Waals surface area (Å²) in [6.45, 7) is 11.0. The summed E-state index contributed by atoms with van der Waals surface area (Å²) in [7, 11) is 1.67. The Morgan fingerprint density at radius 2 is 2.00 bits per heavy atom. The number of carbonyl (C=O) groups excluding carboxylic acids is 1. The Balaban J connectivity index is 1.94. The van der Waals surface area contributed by atoms with Gasteiger partial charge in [-0.3, -0.25) is 4.79 Å². The summed E-state index contributed by atoms with van der Waals surface area (Å²) in [5.41, 5.74) is 2.44. The maximum atomic E-state index is 12.3. The van der Waals surface area contributed by atoms with E-state index in [1.807, 2.05) is 12.1 Å². The number of amides is 1. The predicted molar refractivity (Wildman–Crippen MR) is 122 cm³/mol. The van der Waals surface area contributed by atoms with Crippen molar-refractivity contribution in [3.8, 4) is 11.5 Å². The van der Waals surface area contributed by atoms with E-state index in [2.05, 4.69) is 46.0 Å². The predicted octanol–water partition coefficient (Wildman–Crippen LogP) is 5.98. The van der Waals surface area contributed by atoms with Crippen molar-refractivity contribution in [1.82, 2.24) is 5.32 Å². The molecular formula is C26H39NO3. The van der Waals surface area contributed by atoms with Gasteiger partial charge in [0.15, 0.2) is 0 Å². The van der Waals surface area contributed by atoms with Gasteiger partial charge in [0.05, 0.1) is 0 Å². The monoisotopic (exact) mass is 413 g/mol. The van der Waals surface area contributed by atoms with E-state index in [1.165, 1.54) is 25.7 Å². The van der Waals surface area contributed by atoms with Crippen molar-refractivity contribution < 1.29 is 14.6 Å². The van der Waals surface area contributed by atoms with Crippen molar-refractivity contribution in [2.45, 2.75) is 96.5 Å². The quantitative estimate of drug-likeness (QED) is 0.541. The molecule has 0 saturated heterocycles. The van der Waals surface area contributed by atoms with Crippen molar-refractivity contribution in [2.75, 3.05) is 7.05 Å². The van der Waals surface area contributed by atoms with Crippen LogP contribution in [0.25, 0.3) is 0 Å². The minimum absolute atomic E-state index is 0.0235. The van der Waals surface area contributed by atoms with Gasteiger partial charge in [0, 0.05) is 30.0 Å². The number of unbranched alkanes of at least 4 members (excludes halogenated alkanes) is 3. The first-order valence-electron chi connectivity index (χ1n) is 11.6. The molecule has 1 aromatic rings. The molecule has 2 atom stereocenters. The first-order chi connectivity index (χ1) is 14.1. The highest BCUT2D eigenvalue weighted by Gasteiger charge is 2.47. The molecule has 0 spiro atoms. The van der Waals surface area contributed by atoms with Gasteiger partial charge in [0.2, 0.25) is 5.91 Å². The fourth-order valence-electron chi connectivity index (χ4n) is 5.27. The minimum atomic E-state index is -0.348. The molecule has 2 N–H and O–H groups in total. The van der Waals surface area contributed by atoms with Gasteiger partial charge >= 0.3 is 0 Å². The van der Waals surface area contributed by atoms with E-state index in [0.717, 1.165) is 35.3 Å². The van der Waals surface area contributed by atoms with Crippen molar-refractivity contribution in [2.24, 2.45) is 5.92 Å². The van der Waals surface area contributed by atoms with Crippen LogP contribution in [-0.2, 0) is 10.2 Å². The van der Waals surface area contributed by atoms with E-state index >= 15 is 0 Å². The molecule has 1 heterocycles. The molecule has 1 aliphatic carbocycles. The lowest BCUT2D eigenvalue weighted by molar-refractivity contribution is -0.117. The summed E-state index contributed by atoms with van der Waals surface area (Å²) in [5, 5.41) is 13.8. The number of phenolic OH excluding ortho intramolecular Hbond substituents is 1.